The maximum absolute atomic E-state index is 13.2. The zero-order valence-corrected chi connectivity index (χ0v) is 20.3. The molecule has 0 fully saturated rings. The summed E-state index contributed by atoms with van der Waals surface area (Å²) in [6.45, 7) is 11.7. The molecule has 0 atom stereocenters. The van der Waals surface area contributed by atoms with Gasteiger partial charge in [0.2, 0.25) is 5.91 Å². The Balaban J connectivity index is 1.84. The molecule has 30 heavy (non-hydrogen) atoms. The van der Waals surface area contributed by atoms with E-state index in [0.29, 0.717) is 17.3 Å². The van der Waals surface area contributed by atoms with Gasteiger partial charge in [-0.2, -0.15) is 0 Å². The van der Waals surface area contributed by atoms with Gasteiger partial charge in [-0.15, -0.1) is 11.8 Å². The van der Waals surface area contributed by atoms with E-state index in [4.69, 9.17) is 16.6 Å². The molecule has 160 valence electrons. The Hall–Kier alpha value is -1.60. The van der Waals surface area contributed by atoms with E-state index in [1.54, 1.807) is 11.8 Å². The Morgan fingerprint density at radius 1 is 1.07 bits per heavy atom. The molecular formula is C23H28ClN3OS2. The summed E-state index contributed by atoms with van der Waals surface area (Å²) >= 11 is 9.47. The van der Waals surface area contributed by atoms with Crippen LogP contribution < -0.4 is 4.90 Å². The Morgan fingerprint density at radius 3 is 2.40 bits per heavy atom. The van der Waals surface area contributed by atoms with Crippen molar-refractivity contribution in [3.63, 3.8) is 0 Å². The van der Waals surface area contributed by atoms with Crippen molar-refractivity contribution in [1.82, 2.24) is 9.88 Å². The van der Waals surface area contributed by atoms with E-state index in [1.807, 2.05) is 24.0 Å². The van der Waals surface area contributed by atoms with E-state index in [9.17, 15) is 4.79 Å². The fourth-order valence-electron chi connectivity index (χ4n) is 3.17. The van der Waals surface area contributed by atoms with Crippen LogP contribution in [0.4, 0.5) is 5.13 Å². The lowest BCUT2D eigenvalue weighted by molar-refractivity contribution is -0.116. The Morgan fingerprint density at radius 2 is 1.77 bits per heavy atom. The lowest BCUT2D eigenvalue weighted by Crippen LogP contribution is -2.39. The normalized spacial score (nSPS) is 11.4. The number of halogens is 1. The number of rotatable bonds is 9. The molecule has 0 bridgehead atoms. The average molecular weight is 462 g/mol. The maximum atomic E-state index is 13.2. The molecule has 4 nitrogen and oxygen atoms in total. The van der Waals surface area contributed by atoms with Gasteiger partial charge in [-0.25, -0.2) is 4.98 Å². The quantitative estimate of drug-likeness (QED) is 0.364. The average Bonchev–Trinajstić information content (AvgIpc) is 3.20. The minimum atomic E-state index is 0.0700. The first kappa shape index (κ1) is 23.1. The molecule has 0 spiro atoms. The highest BCUT2D eigenvalue weighted by Crippen LogP contribution is 2.36. The molecule has 3 rings (SSSR count). The highest BCUT2D eigenvalue weighted by Gasteiger charge is 2.22. The summed E-state index contributed by atoms with van der Waals surface area (Å²) in [6, 6.07) is 12.1. The van der Waals surface area contributed by atoms with Gasteiger partial charge in [0.05, 0.1) is 21.0 Å². The third-order valence-electron chi connectivity index (χ3n) is 5.14. The lowest BCUT2D eigenvalue weighted by atomic mass is 10.2. The van der Waals surface area contributed by atoms with Crippen molar-refractivity contribution < 1.29 is 4.79 Å². The van der Waals surface area contributed by atoms with E-state index >= 15 is 0 Å². The number of likely N-dealkylation sites (N-methyl/N-ethyl adjacent to an activating group) is 1. The molecule has 2 aromatic carbocycles. The Labute approximate surface area is 192 Å². The first-order valence-electron chi connectivity index (χ1n) is 10.2. The number of thioether (sulfide) groups is 1. The molecule has 0 aliphatic heterocycles. The third kappa shape index (κ3) is 5.55. The molecule has 0 saturated heterocycles. The first-order valence-corrected chi connectivity index (χ1v) is 12.4. The van der Waals surface area contributed by atoms with Gasteiger partial charge in [-0.1, -0.05) is 60.5 Å². The van der Waals surface area contributed by atoms with E-state index in [-0.39, 0.29) is 5.91 Å². The van der Waals surface area contributed by atoms with Gasteiger partial charge in [0.1, 0.15) is 0 Å². The molecule has 0 aliphatic carbocycles. The highest BCUT2D eigenvalue weighted by molar-refractivity contribution is 8.00. The number of fused-ring (bicyclic) bond motifs is 1. The summed E-state index contributed by atoms with van der Waals surface area (Å²) in [6.07, 6.45) is 0. The molecule has 7 heteroatoms. The third-order valence-corrected chi connectivity index (χ3v) is 7.67. The van der Waals surface area contributed by atoms with Crippen LogP contribution in [0.15, 0.2) is 41.3 Å². The van der Waals surface area contributed by atoms with Crippen molar-refractivity contribution in [1.29, 1.82) is 0 Å². The molecular weight excluding hydrogens is 434 g/mol. The van der Waals surface area contributed by atoms with Gasteiger partial charge >= 0.3 is 0 Å². The Kier molecular flexibility index (Phi) is 8.17. The van der Waals surface area contributed by atoms with Crippen molar-refractivity contribution in [3.8, 4) is 0 Å². The molecule has 1 amide bonds. The molecule has 0 N–H and O–H groups in total. The number of nitrogens with zero attached hydrogens (tertiary/aromatic N) is 3. The number of aromatic nitrogens is 1. The predicted molar refractivity (Wildman–Crippen MR) is 131 cm³/mol. The van der Waals surface area contributed by atoms with Crippen LogP contribution in [0.25, 0.3) is 10.2 Å². The van der Waals surface area contributed by atoms with Gasteiger partial charge in [0.15, 0.2) is 5.13 Å². The van der Waals surface area contributed by atoms with Crippen LogP contribution in [0.3, 0.4) is 0 Å². The largest absolute Gasteiger partial charge is 0.302 e. The predicted octanol–water partition coefficient (Wildman–Crippen LogP) is 6.03. The molecule has 1 aromatic heterocycles. The number of anilines is 1. The van der Waals surface area contributed by atoms with Crippen LogP contribution in [0, 0.1) is 13.8 Å². The van der Waals surface area contributed by atoms with Crippen LogP contribution >= 0.6 is 34.7 Å². The molecule has 1 heterocycles. The summed E-state index contributed by atoms with van der Waals surface area (Å²) in [5.41, 5.74) is 3.17. The van der Waals surface area contributed by atoms with Crippen LogP contribution in [0.1, 0.15) is 25.0 Å². The van der Waals surface area contributed by atoms with Gasteiger partial charge in [0.25, 0.3) is 0 Å². The van der Waals surface area contributed by atoms with Crippen LogP contribution in [0.2, 0.25) is 5.02 Å². The van der Waals surface area contributed by atoms with E-state index in [2.05, 4.69) is 49.9 Å². The Bertz CT molecular complexity index is 961. The number of benzene rings is 2. The minimum absolute atomic E-state index is 0.0700. The summed E-state index contributed by atoms with van der Waals surface area (Å²) in [7, 11) is 0. The number of hydrogen-bond donors (Lipinski definition) is 0. The smallest absolute Gasteiger partial charge is 0.239 e. The number of carbonyl (C=O) groups is 1. The zero-order valence-electron chi connectivity index (χ0n) is 17.9. The zero-order chi connectivity index (χ0) is 21.7. The van der Waals surface area contributed by atoms with Crippen LogP contribution in [-0.4, -0.2) is 47.7 Å². The van der Waals surface area contributed by atoms with Crippen molar-refractivity contribution in [3.05, 3.63) is 52.5 Å². The van der Waals surface area contributed by atoms with Gasteiger partial charge < -0.3 is 4.90 Å². The van der Waals surface area contributed by atoms with Crippen molar-refractivity contribution in [2.45, 2.75) is 32.6 Å². The van der Waals surface area contributed by atoms with Gasteiger partial charge in [-0.05, 0) is 50.7 Å². The summed E-state index contributed by atoms with van der Waals surface area (Å²) in [5.74, 6) is 0.449. The molecule has 0 saturated carbocycles. The number of aryl methyl sites for hydroxylation is 2. The standard InChI is InChI=1S/C23H28ClN3OS2/c1-5-26(6-2)13-14-27(20(28)15-29-18-10-7-16(3)8-11-18)23-25-21-17(4)9-12-19(24)22(21)30-23/h7-12H,5-6,13-15H2,1-4H3. The monoisotopic (exact) mass is 461 g/mol. The first-order chi connectivity index (χ1) is 14.4. The van der Waals surface area contributed by atoms with Crippen molar-refractivity contribution in [2.75, 3.05) is 36.8 Å². The van der Waals surface area contributed by atoms with Gasteiger partial charge in [-0.3, -0.25) is 9.69 Å². The molecule has 0 radical (unpaired) electrons. The topological polar surface area (TPSA) is 36.4 Å². The van der Waals surface area contributed by atoms with E-state index in [0.717, 1.165) is 45.4 Å². The number of carbonyl (C=O) groups excluding carboxylic acids is 1. The lowest BCUT2D eigenvalue weighted by Gasteiger charge is -2.24. The summed E-state index contributed by atoms with van der Waals surface area (Å²) in [4.78, 5) is 23.3. The van der Waals surface area contributed by atoms with Crippen LogP contribution in [0.5, 0.6) is 0 Å². The molecule has 0 aliphatic rings. The van der Waals surface area contributed by atoms with Crippen molar-refractivity contribution >= 4 is 56.0 Å². The fourth-order valence-corrected chi connectivity index (χ4v) is 5.31. The second-order valence-electron chi connectivity index (χ2n) is 7.21. The molecule has 0 unspecified atom stereocenters. The second-order valence-corrected chi connectivity index (χ2v) is 9.65. The van der Waals surface area contributed by atoms with E-state index in [1.165, 1.54) is 16.9 Å². The van der Waals surface area contributed by atoms with Crippen molar-refractivity contribution in [2.24, 2.45) is 0 Å². The number of hydrogen-bond acceptors (Lipinski definition) is 5. The highest BCUT2D eigenvalue weighted by atomic mass is 35.5. The van der Waals surface area contributed by atoms with Crippen LogP contribution in [-0.2, 0) is 4.79 Å². The summed E-state index contributed by atoms with van der Waals surface area (Å²) in [5, 5.41) is 1.41. The number of amides is 1. The molecule has 3 aromatic rings. The maximum Gasteiger partial charge on any atom is 0.239 e. The SMILES string of the molecule is CCN(CC)CCN(C(=O)CSc1ccc(C)cc1)c1nc2c(C)ccc(Cl)c2s1. The summed E-state index contributed by atoms with van der Waals surface area (Å²) < 4.78 is 0.943. The second kappa shape index (κ2) is 10.6. The fraction of sp³-hybridized carbons (Fsp3) is 0.391. The minimum Gasteiger partial charge on any atom is -0.302 e. The van der Waals surface area contributed by atoms with Gasteiger partial charge in [0, 0.05) is 18.0 Å². The van der Waals surface area contributed by atoms with E-state index < -0.39 is 0 Å². The number of thiazole rings is 1.